The number of rotatable bonds is 11. The second-order valence-corrected chi connectivity index (χ2v) is 9.61. The molecule has 5 rings (SSSR count). The van der Waals surface area contributed by atoms with E-state index in [0.717, 1.165) is 55.7 Å². The van der Waals surface area contributed by atoms with E-state index in [-0.39, 0.29) is 11.8 Å². The van der Waals surface area contributed by atoms with Crippen LogP contribution in [0, 0.1) is 0 Å². The molecule has 0 saturated heterocycles. The molecule has 1 aromatic heterocycles. The van der Waals surface area contributed by atoms with Crippen LogP contribution in [0.5, 0.6) is 5.75 Å². The number of unbranched alkanes of at least 4 members (excludes halogenated alkanes) is 1. The number of hydrogen-bond acceptors (Lipinski definition) is 3. The third-order valence-electron chi connectivity index (χ3n) is 7.02. The molecule has 37 heavy (non-hydrogen) atoms. The van der Waals surface area contributed by atoms with Crippen LogP contribution < -0.4 is 4.74 Å². The van der Waals surface area contributed by atoms with E-state index in [1.54, 1.807) is 12.1 Å². The first-order chi connectivity index (χ1) is 18.1. The van der Waals surface area contributed by atoms with Crippen molar-refractivity contribution in [2.24, 2.45) is 0 Å². The van der Waals surface area contributed by atoms with Crippen LogP contribution in [0.15, 0.2) is 84.9 Å². The summed E-state index contributed by atoms with van der Waals surface area (Å²) in [6, 6.07) is 28.2. The largest absolute Gasteiger partial charge is 0.435 e. The molecule has 0 bridgehead atoms. The average molecular weight is 502 g/mol. The van der Waals surface area contributed by atoms with Crippen molar-refractivity contribution in [2.75, 3.05) is 0 Å². The Balaban J connectivity index is 1.49. The van der Waals surface area contributed by atoms with Gasteiger partial charge in [0.15, 0.2) is 0 Å². The Morgan fingerprint density at radius 2 is 1.57 bits per heavy atom. The monoisotopic (exact) mass is 501 g/mol. The molecule has 0 radical (unpaired) electrons. The predicted molar refractivity (Wildman–Crippen MR) is 142 cm³/mol. The smallest absolute Gasteiger partial charge is 0.387 e. The molecule has 0 fully saturated rings. The Morgan fingerprint density at radius 1 is 0.919 bits per heavy atom. The molecule has 0 N–H and O–H groups in total. The van der Waals surface area contributed by atoms with E-state index in [4.69, 9.17) is 4.98 Å². The molecule has 1 unspecified atom stereocenters. The summed E-state index contributed by atoms with van der Waals surface area (Å²) in [5.41, 5.74) is 5.97. The molecule has 4 nitrogen and oxygen atoms in total. The number of alkyl halides is 2. The number of fused-ring (bicyclic) bond motifs is 1. The van der Waals surface area contributed by atoms with Crippen LogP contribution in [-0.4, -0.2) is 21.1 Å². The van der Waals surface area contributed by atoms with Gasteiger partial charge >= 0.3 is 6.61 Å². The van der Waals surface area contributed by atoms with Gasteiger partial charge < -0.3 is 9.30 Å². The molecule has 1 heterocycles. The van der Waals surface area contributed by atoms with E-state index >= 15 is 0 Å². The van der Waals surface area contributed by atoms with Crippen LogP contribution in [-0.2, 0) is 26.1 Å². The Labute approximate surface area is 217 Å². The lowest BCUT2D eigenvalue weighted by Gasteiger charge is -2.31. The molecule has 0 spiro atoms. The summed E-state index contributed by atoms with van der Waals surface area (Å²) in [6.07, 6.45) is 4.18. The summed E-state index contributed by atoms with van der Waals surface area (Å²) in [4.78, 5) is 7.65. The molecule has 1 aliphatic rings. The highest BCUT2D eigenvalue weighted by molar-refractivity contribution is 5.57. The number of ether oxygens (including phenoxy) is 1. The molecule has 4 aromatic rings. The first-order valence-electron chi connectivity index (χ1n) is 13.1. The van der Waals surface area contributed by atoms with E-state index in [9.17, 15) is 8.78 Å². The Hall–Kier alpha value is -3.51. The Morgan fingerprint density at radius 3 is 2.22 bits per heavy atom. The first kappa shape index (κ1) is 25.2. The van der Waals surface area contributed by atoms with Crippen molar-refractivity contribution in [3.05, 3.63) is 107 Å². The topological polar surface area (TPSA) is 30.3 Å². The number of nitrogens with zero attached hydrogens (tertiary/aromatic N) is 3. The number of hydrogen-bond donors (Lipinski definition) is 0. The van der Waals surface area contributed by atoms with Gasteiger partial charge in [-0.25, -0.2) is 4.98 Å². The zero-order valence-electron chi connectivity index (χ0n) is 21.2. The average Bonchev–Trinajstić information content (AvgIpc) is 3.49. The van der Waals surface area contributed by atoms with Gasteiger partial charge in [-0.2, -0.15) is 8.78 Å². The minimum atomic E-state index is -2.82. The van der Waals surface area contributed by atoms with Gasteiger partial charge in [0.1, 0.15) is 11.6 Å². The fourth-order valence-electron chi connectivity index (χ4n) is 5.29. The Kier molecular flexibility index (Phi) is 7.95. The van der Waals surface area contributed by atoms with E-state index in [2.05, 4.69) is 69.7 Å². The maximum absolute atomic E-state index is 12.6. The van der Waals surface area contributed by atoms with Crippen LogP contribution in [0.25, 0.3) is 11.4 Å². The van der Waals surface area contributed by atoms with E-state index < -0.39 is 6.61 Å². The van der Waals surface area contributed by atoms with E-state index in [0.29, 0.717) is 6.54 Å². The number of halogens is 2. The van der Waals surface area contributed by atoms with Gasteiger partial charge in [-0.15, -0.1) is 0 Å². The van der Waals surface area contributed by atoms with Gasteiger partial charge in [0.05, 0.1) is 17.4 Å². The molecule has 1 aliphatic carbocycles. The van der Waals surface area contributed by atoms with Crippen molar-refractivity contribution in [2.45, 2.75) is 64.9 Å². The number of aromatic nitrogens is 2. The van der Waals surface area contributed by atoms with Gasteiger partial charge in [-0.05, 0) is 42.5 Å². The van der Waals surface area contributed by atoms with Gasteiger partial charge in [0, 0.05) is 25.2 Å². The van der Waals surface area contributed by atoms with E-state index in [1.807, 2.05) is 24.3 Å². The van der Waals surface area contributed by atoms with Crippen LogP contribution in [0.4, 0.5) is 8.78 Å². The summed E-state index contributed by atoms with van der Waals surface area (Å²) >= 11 is 0. The molecule has 192 valence electrons. The van der Waals surface area contributed by atoms with Crippen molar-refractivity contribution < 1.29 is 13.5 Å². The van der Waals surface area contributed by atoms with Crippen LogP contribution in [0.2, 0.25) is 0 Å². The highest BCUT2D eigenvalue weighted by Crippen LogP contribution is 2.40. The predicted octanol–water partition coefficient (Wildman–Crippen LogP) is 7.64. The summed E-state index contributed by atoms with van der Waals surface area (Å²) in [5, 5.41) is 0. The molecule has 1 atom stereocenters. The van der Waals surface area contributed by atoms with Crippen LogP contribution in [0.1, 0.15) is 54.7 Å². The van der Waals surface area contributed by atoms with Gasteiger partial charge in [-0.1, -0.05) is 86.1 Å². The lowest BCUT2D eigenvalue weighted by molar-refractivity contribution is -0.0498. The van der Waals surface area contributed by atoms with Crippen molar-refractivity contribution in [3.8, 4) is 17.1 Å². The number of aryl methyl sites for hydroxylation is 1. The first-order valence-corrected chi connectivity index (χ1v) is 13.1. The number of imidazole rings is 1. The maximum atomic E-state index is 12.6. The van der Waals surface area contributed by atoms with Crippen molar-refractivity contribution in [3.63, 3.8) is 0 Å². The molecule has 0 saturated carbocycles. The lowest BCUT2D eigenvalue weighted by atomic mass is 10.1. The van der Waals surface area contributed by atoms with Gasteiger partial charge in [0.25, 0.3) is 0 Å². The summed E-state index contributed by atoms with van der Waals surface area (Å²) in [7, 11) is 0. The van der Waals surface area contributed by atoms with Gasteiger partial charge in [0.2, 0.25) is 0 Å². The fourth-order valence-corrected chi connectivity index (χ4v) is 5.29. The van der Waals surface area contributed by atoms with Crippen LogP contribution in [0.3, 0.4) is 0 Å². The number of benzene rings is 3. The molecule has 0 amide bonds. The summed E-state index contributed by atoms with van der Waals surface area (Å²) < 4.78 is 32.3. The van der Waals surface area contributed by atoms with Crippen molar-refractivity contribution in [1.82, 2.24) is 14.5 Å². The molecular weight excluding hydrogens is 468 g/mol. The molecular formula is C31H33F2N3O. The molecule has 0 aliphatic heterocycles. The normalized spacial score (nSPS) is 14.9. The lowest BCUT2D eigenvalue weighted by Crippen LogP contribution is -2.28. The third kappa shape index (κ3) is 5.91. The zero-order valence-corrected chi connectivity index (χ0v) is 21.2. The summed E-state index contributed by atoms with van der Waals surface area (Å²) in [5.74, 6) is 1.23. The minimum absolute atomic E-state index is 0.182. The molecule has 6 heteroatoms. The maximum Gasteiger partial charge on any atom is 0.387 e. The van der Waals surface area contributed by atoms with E-state index in [1.165, 1.54) is 17.0 Å². The summed E-state index contributed by atoms with van der Waals surface area (Å²) in [6.45, 7) is 1.84. The second kappa shape index (κ2) is 11.7. The quantitative estimate of drug-likeness (QED) is 0.212. The SMILES string of the molecule is CCCCn1c(-c2ccccc2)nc2c1C(N(Cc1ccccc1)Cc1ccc(OC(F)F)cc1)CC2. The zero-order chi connectivity index (χ0) is 25.6. The highest BCUT2D eigenvalue weighted by Gasteiger charge is 2.34. The fraction of sp³-hybridized carbons (Fsp3) is 0.323. The standard InChI is InChI=1S/C31H33F2N3O/c1-2-3-20-36-29-27(34-30(36)25-12-8-5-9-13-25)18-19-28(29)35(21-23-10-6-4-7-11-23)22-24-14-16-26(17-15-24)37-31(32)33/h4-17,28,31H,2-3,18-22H2,1H3. The minimum Gasteiger partial charge on any atom is -0.435 e. The second-order valence-electron chi connectivity index (χ2n) is 9.61. The highest BCUT2D eigenvalue weighted by atomic mass is 19.3. The van der Waals surface area contributed by atoms with Crippen molar-refractivity contribution in [1.29, 1.82) is 0 Å². The third-order valence-corrected chi connectivity index (χ3v) is 7.02. The molecule has 3 aromatic carbocycles. The Bertz CT molecular complexity index is 1270. The van der Waals surface area contributed by atoms with Crippen LogP contribution >= 0.6 is 0 Å². The van der Waals surface area contributed by atoms with Crippen molar-refractivity contribution >= 4 is 0 Å². The van der Waals surface area contributed by atoms with Gasteiger partial charge in [-0.3, -0.25) is 4.90 Å².